The topological polar surface area (TPSA) is 60.2 Å². The van der Waals surface area contributed by atoms with Crippen molar-refractivity contribution in [1.29, 1.82) is 0 Å². The smallest absolute Gasteiger partial charge is 0.184 e. The van der Waals surface area contributed by atoms with Crippen LogP contribution in [0.25, 0.3) is 0 Å². The van der Waals surface area contributed by atoms with Crippen molar-refractivity contribution in [3.8, 4) is 0 Å². The summed E-state index contributed by atoms with van der Waals surface area (Å²) in [5.41, 5.74) is 6.05. The van der Waals surface area contributed by atoms with Crippen LogP contribution in [0.4, 0.5) is 4.39 Å². The largest absolute Gasteiger partial charge is 0.327 e. The van der Waals surface area contributed by atoms with E-state index in [-0.39, 0.29) is 23.8 Å². The molecular weight excluding hydrogens is 265 g/mol. The number of nitrogens with two attached hydrogens (primary N) is 1. The molecule has 0 spiro atoms. The molecule has 6 heteroatoms. The fourth-order valence-electron chi connectivity index (χ4n) is 1.20. The third-order valence-electron chi connectivity index (χ3n) is 2.05. The molecule has 0 amide bonds. The molecule has 3 nitrogen and oxygen atoms in total. The molecule has 0 aliphatic carbocycles. The first-order chi connectivity index (χ1) is 7.45. The van der Waals surface area contributed by atoms with Crippen molar-refractivity contribution < 1.29 is 12.8 Å². The summed E-state index contributed by atoms with van der Waals surface area (Å²) in [7, 11) is -3.60. The van der Waals surface area contributed by atoms with Crippen LogP contribution in [0.3, 0.4) is 0 Å². The molecular formula is C11H15ClFNO2S. The van der Waals surface area contributed by atoms with E-state index in [4.69, 9.17) is 5.73 Å². The lowest BCUT2D eigenvalue weighted by atomic mass is 10.2. The van der Waals surface area contributed by atoms with Crippen molar-refractivity contribution in [3.05, 3.63) is 41.7 Å². The summed E-state index contributed by atoms with van der Waals surface area (Å²) in [5, 5.41) is 0. The van der Waals surface area contributed by atoms with Crippen molar-refractivity contribution in [2.45, 2.75) is 11.8 Å². The normalized spacial score (nSPS) is 12.1. The molecule has 0 bridgehead atoms. The Morgan fingerprint density at radius 1 is 1.35 bits per heavy atom. The fraction of sp³-hybridized carbons (Fsp3) is 0.273. The molecule has 0 fully saturated rings. The summed E-state index contributed by atoms with van der Waals surface area (Å²) in [6.07, 6.45) is 1.06. The van der Waals surface area contributed by atoms with Gasteiger partial charge in [0.05, 0.1) is 4.90 Å². The maximum atomic E-state index is 13.1. The lowest BCUT2D eigenvalue weighted by Gasteiger charge is -2.03. The van der Waals surface area contributed by atoms with Crippen LogP contribution in [-0.2, 0) is 9.84 Å². The maximum Gasteiger partial charge on any atom is 0.184 e. The number of rotatable bonds is 4. The van der Waals surface area contributed by atoms with Crippen molar-refractivity contribution in [2.75, 3.05) is 12.3 Å². The molecule has 0 saturated heterocycles. The third-order valence-corrected chi connectivity index (χ3v) is 3.69. The van der Waals surface area contributed by atoms with E-state index in [1.54, 1.807) is 12.1 Å². The highest BCUT2D eigenvalue weighted by atomic mass is 35.5. The number of halogens is 2. The number of benzene rings is 1. The summed E-state index contributed by atoms with van der Waals surface area (Å²) in [5.74, 6) is -1.35. The van der Waals surface area contributed by atoms with Gasteiger partial charge in [0.25, 0.3) is 0 Å². The Hall–Kier alpha value is -0.910. The monoisotopic (exact) mass is 279 g/mol. The van der Waals surface area contributed by atoms with Crippen LogP contribution in [0.2, 0.25) is 0 Å². The molecule has 0 aliphatic heterocycles. The van der Waals surface area contributed by atoms with E-state index >= 15 is 0 Å². The Balaban J connectivity index is 0.00000256. The highest BCUT2D eigenvalue weighted by Crippen LogP contribution is 2.15. The molecule has 0 heterocycles. The van der Waals surface area contributed by atoms with Gasteiger partial charge in [-0.3, -0.25) is 0 Å². The van der Waals surface area contributed by atoms with Gasteiger partial charge >= 0.3 is 0 Å². The predicted molar refractivity (Wildman–Crippen MR) is 68.7 cm³/mol. The number of aryl methyl sites for hydroxylation is 1. The maximum absolute atomic E-state index is 13.1. The summed E-state index contributed by atoms with van der Waals surface area (Å²) in [6, 6.07) is 6.30. The van der Waals surface area contributed by atoms with E-state index in [1.165, 1.54) is 12.1 Å². The Bertz CT molecular complexity index is 483. The van der Waals surface area contributed by atoms with E-state index < -0.39 is 21.4 Å². The van der Waals surface area contributed by atoms with E-state index in [0.29, 0.717) is 0 Å². The molecule has 0 atom stereocenters. The minimum absolute atomic E-state index is 0. The molecule has 0 unspecified atom stereocenters. The van der Waals surface area contributed by atoms with Gasteiger partial charge in [0.15, 0.2) is 9.84 Å². The standard InChI is InChI=1S/C11H14FNO2S.ClH/c1-9-2-4-11(5-3-9)16(14,15)8-10(12)6-7-13;/h2-6H,7-8,13H2,1H3;1H/b10-6-;. The molecule has 96 valence electrons. The van der Waals surface area contributed by atoms with E-state index in [1.807, 2.05) is 6.92 Å². The Labute approximate surface area is 107 Å². The summed E-state index contributed by atoms with van der Waals surface area (Å²) in [6.45, 7) is 1.85. The SMILES string of the molecule is Cc1ccc(S(=O)(=O)C/C(F)=C/CN)cc1.Cl. The molecule has 0 aromatic heterocycles. The quantitative estimate of drug-likeness (QED) is 0.917. The average molecular weight is 280 g/mol. The molecule has 2 N–H and O–H groups in total. The first kappa shape index (κ1) is 16.1. The van der Waals surface area contributed by atoms with Crippen molar-refractivity contribution in [3.63, 3.8) is 0 Å². The van der Waals surface area contributed by atoms with Gasteiger partial charge in [0.1, 0.15) is 11.6 Å². The first-order valence-electron chi connectivity index (χ1n) is 4.80. The second kappa shape index (κ2) is 6.74. The van der Waals surface area contributed by atoms with Crippen molar-refractivity contribution >= 4 is 22.2 Å². The van der Waals surface area contributed by atoms with E-state index in [0.717, 1.165) is 11.6 Å². The summed E-state index contributed by atoms with van der Waals surface area (Å²) in [4.78, 5) is 0.124. The van der Waals surface area contributed by atoms with Gasteiger partial charge in [-0.05, 0) is 25.1 Å². The van der Waals surface area contributed by atoms with Crippen LogP contribution in [0.15, 0.2) is 41.1 Å². The number of hydrogen-bond acceptors (Lipinski definition) is 3. The summed E-state index contributed by atoms with van der Waals surface area (Å²) >= 11 is 0. The van der Waals surface area contributed by atoms with Gasteiger partial charge in [0, 0.05) is 6.54 Å². The Morgan fingerprint density at radius 3 is 2.35 bits per heavy atom. The fourth-order valence-corrected chi connectivity index (χ4v) is 2.40. The van der Waals surface area contributed by atoms with E-state index in [9.17, 15) is 12.8 Å². The molecule has 1 aromatic carbocycles. The van der Waals surface area contributed by atoms with Crippen LogP contribution in [0, 0.1) is 6.92 Å². The second-order valence-electron chi connectivity index (χ2n) is 3.46. The predicted octanol–water partition coefficient (Wildman–Crippen LogP) is 2.00. The number of hydrogen-bond donors (Lipinski definition) is 1. The van der Waals surface area contributed by atoms with Gasteiger partial charge in [-0.1, -0.05) is 17.7 Å². The lowest BCUT2D eigenvalue weighted by molar-refractivity contribution is 0.583. The van der Waals surface area contributed by atoms with Crippen LogP contribution in [-0.4, -0.2) is 20.7 Å². The second-order valence-corrected chi connectivity index (χ2v) is 5.45. The molecule has 0 radical (unpaired) electrons. The van der Waals surface area contributed by atoms with Gasteiger partial charge in [0.2, 0.25) is 0 Å². The lowest BCUT2D eigenvalue weighted by Crippen LogP contribution is -2.08. The Morgan fingerprint density at radius 2 is 1.88 bits per heavy atom. The molecule has 0 saturated carbocycles. The zero-order valence-corrected chi connectivity index (χ0v) is 11.0. The number of sulfone groups is 1. The van der Waals surface area contributed by atoms with E-state index in [2.05, 4.69) is 0 Å². The third kappa shape index (κ3) is 4.85. The van der Waals surface area contributed by atoms with Crippen LogP contribution < -0.4 is 5.73 Å². The van der Waals surface area contributed by atoms with Crippen LogP contribution in [0.5, 0.6) is 0 Å². The molecule has 1 rings (SSSR count). The van der Waals surface area contributed by atoms with Crippen molar-refractivity contribution in [1.82, 2.24) is 0 Å². The van der Waals surface area contributed by atoms with Crippen LogP contribution >= 0.6 is 12.4 Å². The Kier molecular flexibility index (Phi) is 6.37. The highest BCUT2D eigenvalue weighted by molar-refractivity contribution is 7.91. The van der Waals surface area contributed by atoms with Gasteiger partial charge in [-0.2, -0.15) is 0 Å². The molecule has 0 aliphatic rings. The minimum atomic E-state index is -3.60. The molecule has 1 aromatic rings. The van der Waals surface area contributed by atoms with Crippen molar-refractivity contribution in [2.24, 2.45) is 5.73 Å². The van der Waals surface area contributed by atoms with Gasteiger partial charge in [-0.15, -0.1) is 12.4 Å². The van der Waals surface area contributed by atoms with Crippen LogP contribution in [0.1, 0.15) is 5.56 Å². The van der Waals surface area contributed by atoms with Gasteiger partial charge in [-0.25, -0.2) is 12.8 Å². The summed E-state index contributed by atoms with van der Waals surface area (Å²) < 4.78 is 36.5. The average Bonchev–Trinajstić information content (AvgIpc) is 2.17. The minimum Gasteiger partial charge on any atom is -0.327 e. The van der Waals surface area contributed by atoms with Gasteiger partial charge < -0.3 is 5.73 Å². The highest BCUT2D eigenvalue weighted by Gasteiger charge is 2.16. The first-order valence-corrected chi connectivity index (χ1v) is 6.45. The molecule has 17 heavy (non-hydrogen) atoms. The zero-order chi connectivity index (χ0) is 12.2. The zero-order valence-electron chi connectivity index (χ0n) is 9.39.